The van der Waals surface area contributed by atoms with E-state index in [1.807, 2.05) is 17.9 Å². The van der Waals surface area contributed by atoms with Gasteiger partial charge in [0.05, 0.1) is 5.56 Å². The molecule has 0 radical (unpaired) electrons. The van der Waals surface area contributed by atoms with Crippen LogP contribution < -0.4 is 4.90 Å². The number of carboxylic acid groups (broad SMARTS) is 1. The molecule has 0 aliphatic carbocycles. The molecule has 0 saturated carbocycles. The lowest BCUT2D eigenvalue weighted by atomic mass is 9.96. The maximum atomic E-state index is 10.4. The molecule has 6 nitrogen and oxygen atoms in total. The zero-order valence-electron chi connectivity index (χ0n) is 9.96. The van der Waals surface area contributed by atoms with Crippen LogP contribution in [0.3, 0.4) is 0 Å². The number of hydrogen-bond acceptors (Lipinski definition) is 5. The molecule has 2 rings (SSSR count). The molecule has 0 unspecified atom stereocenters. The third kappa shape index (κ3) is 2.57. The Kier molecular flexibility index (Phi) is 3.17. The van der Waals surface area contributed by atoms with Crippen LogP contribution in [0.2, 0.25) is 0 Å². The summed E-state index contributed by atoms with van der Waals surface area (Å²) in [6, 6.07) is 5.48. The van der Waals surface area contributed by atoms with Gasteiger partial charge in [-0.15, -0.1) is 0 Å². The number of carboxylic acids is 1. The topological polar surface area (TPSA) is 86.5 Å². The number of nitrogens with zero attached hydrogens (tertiary/aromatic N) is 3. The highest BCUT2D eigenvalue weighted by atomic mass is 16.5. The maximum Gasteiger partial charge on any atom is 0.329 e. The van der Waals surface area contributed by atoms with Gasteiger partial charge in [0.25, 0.3) is 0 Å². The number of aromatic nitrogens is 1. The third-order valence-electron chi connectivity index (χ3n) is 2.80. The molecule has 0 aromatic carbocycles. The fourth-order valence-electron chi connectivity index (χ4n) is 1.89. The largest absolute Gasteiger partial charge is 0.480 e. The monoisotopic (exact) mass is 247 g/mol. The van der Waals surface area contributed by atoms with Crippen LogP contribution in [0.4, 0.5) is 5.82 Å². The van der Waals surface area contributed by atoms with Crippen LogP contribution in [0.15, 0.2) is 18.3 Å². The zero-order valence-corrected chi connectivity index (χ0v) is 9.96. The Balaban J connectivity index is 1.91. The van der Waals surface area contributed by atoms with E-state index >= 15 is 0 Å². The Morgan fingerprint density at radius 3 is 2.89 bits per heavy atom. The van der Waals surface area contributed by atoms with Gasteiger partial charge in [-0.05, 0) is 19.1 Å². The van der Waals surface area contributed by atoms with Crippen LogP contribution >= 0.6 is 0 Å². The van der Waals surface area contributed by atoms with Crippen molar-refractivity contribution in [3.05, 3.63) is 23.9 Å². The lowest BCUT2D eigenvalue weighted by Gasteiger charge is -2.47. The van der Waals surface area contributed by atoms with Crippen LogP contribution in [0.5, 0.6) is 0 Å². The van der Waals surface area contributed by atoms with Gasteiger partial charge < -0.3 is 14.7 Å². The van der Waals surface area contributed by atoms with Crippen molar-refractivity contribution in [1.29, 1.82) is 5.26 Å². The van der Waals surface area contributed by atoms with Crippen molar-refractivity contribution in [2.75, 3.05) is 24.6 Å². The number of ether oxygens (including phenoxy) is 1. The van der Waals surface area contributed by atoms with Gasteiger partial charge in [0.15, 0.2) is 0 Å². The van der Waals surface area contributed by atoms with Gasteiger partial charge in [0.2, 0.25) is 0 Å². The Bertz CT molecular complexity index is 486. The molecule has 1 fully saturated rings. The van der Waals surface area contributed by atoms with Crippen LogP contribution in [0, 0.1) is 11.3 Å². The molecule has 1 N–H and O–H groups in total. The van der Waals surface area contributed by atoms with Crippen molar-refractivity contribution in [1.82, 2.24) is 4.98 Å². The molecule has 0 amide bonds. The Morgan fingerprint density at radius 1 is 1.67 bits per heavy atom. The summed E-state index contributed by atoms with van der Waals surface area (Å²) in [5.74, 6) is -0.198. The van der Waals surface area contributed by atoms with Gasteiger partial charge >= 0.3 is 5.97 Å². The molecule has 94 valence electrons. The quantitative estimate of drug-likeness (QED) is 0.839. The van der Waals surface area contributed by atoms with Crippen LogP contribution in [-0.2, 0) is 9.53 Å². The first-order valence-corrected chi connectivity index (χ1v) is 5.49. The minimum absolute atomic E-state index is 0.287. The van der Waals surface area contributed by atoms with Crippen LogP contribution in [0.25, 0.3) is 0 Å². The standard InChI is InChI=1S/C12H13N3O3/c1-12(18-6-11(16)17)7-15(8-12)10-3-2-9(4-13)5-14-10/h2-3,5H,6-8H2,1H3,(H,16,17). The highest BCUT2D eigenvalue weighted by molar-refractivity contribution is 5.68. The normalized spacial score (nSPS) is 16.8. The number of carbonyl (C=O) groups is 1. The van der Waals surface area contributed by atoms with Crippen molar-refractivity contribution in [2.24, 2.45) is 0 Å². The Hall–Kier alpha value is -2.13. The highest BCUT2D eigenvalue weighted by Crippen LogP contribution is 2.28. The molecule has 1 aromatic rings. The Morgan fingerprint density at radius 2 is 2.39 bits per heavy atom. The Labute approximate surface area is 104 Å². The van der Waals surface area contributed by atoms with E-state index in [0.717, 1.165) is 5.82 Å². The number of rotatable bonds is 4. The van der Waals surface area contributed by atoms with Crippen molar-refractivity contribution in [3.63, 3.8) is 0 Å². The second-order valence-electron chi connectivity index (χ2n) is 4.51. The van der Waals surface area contributed by atoms with Crippen molar-refractivity contribution >= 4 is 11.8 Å². The average Bonchev–Trinajstić information content (AvgIpc) is 2.33. The fraction of sp³-hybridized carbons (Fsp3) is 0.417. The number of aliphatic carboxylic acids is 1. The molecule has 2 heterocycles. The summed E-state index contributed by atoms with van der Waals surface area (Å²) in [4.78, 5) is 16.6. The average molecular weight is 247 g/mol. The minimum atomic E-state index is -0.967. The minimum Gasteiger partial charge on any atom is -0.480 e. The van der Waals surface area contributed by atoms with Crippen molar-refractivity contribution in [2.45, 2.75) is 12.5 Å². The molecular weight excluding hydrogens is 234 g/mol. The van der Waals surface area contributed by atoms with E-state index < -0.39 is 11.6 Å². The molecular formula is C12H13N3O3. The fourth-order valence-corrected chi connectivity index (χ4v) is 1.89. The molecule has 1 aromatic heterocycles. The van der Waals surface area contributed by atoms with Gasteiger partial charge in [-0.1, -0.05) is 0 Å². The number of pyridine rings is 1. The van der Waals surface area contributed by atoms with Gasteiger partial charge in [0, 0.05) is 19.3 Å². The smallest absolute Gasteiger partial charge is 0.329 e. The van der Waals surface area contributed by atoms with E-state index in [1.54, 1.807) is 12.1 Å². The SMILES string of the molecule is CC1(OCC(=O)O)CN(c2ccc(C#N)cn2)C1. The van der Waals surface area contributed by atoms with Crippen LogP contribution in [-0.4, -0.2) is 41.4 Å². The lowest BCUT2D eigenvalue weighted by molar-refractivity contribution is -0.150. The van der Waals surface area contributed by atoms with Gasteiger partial charge in [0.1, 0.15) is 24.1 Å². The first kappa shape index (κ1) is 12.3. The van der Waals surface area contributed by atoms with E-state index in [2.05, 4.69) is 4.98 Å². The molecule has 1 saturated heterocycles. The summed E-state index contributed by atoms with van der Waals surface area (Å²) < 4.78 is 5.30. The van der Waals surface area contributed by atoms with Crippen LogP contribution in [0.1, 0.15) is 12.5 Å². The van der Waals surface area contributed by atoms with E-state index in [1.165, 1.54) is 6.20 Å². The summed E-state index contributed by atoms with van der Waals surface area (Å²) in [5.41, 5.74) is 0.0812. The zero-order chi connectivity index (χ0) is 13.2. The summed E-state index contributed by atoms with van der Waals surface area (Å²) in [6.45, 7) is 2.78. The van der Waals surface area contributed by atoms with Gasteiger partial charge in [-0.25, -0.2) is 9.78 Å². The summed E-state index contributed by atoms with van der Waals surface area (Å²) in [6.07, 6.45) is 1.52. The second-order valence-corrected chi connectivity index (χ2v) is 4.51. The summed E-state index contributed by atoms with van der Waals surface area (Å²) in [5, 5.41) is 17.2. The highest BCUT2D eigenvalue weighted by Gasteiger charge is 2.40. The molecule has 0 atom stereocenters. The van der Waals surface area contributed by atoms with Crippen molar-refractivity contribution < 1.29 is 14.6 Å². The molecule has 0 bridgehead atoms. The molecule has 18 heavy (non-hydrogen) atoms. The molecule has 1 aliphatic rings. The van der Waals surface area contributed by atoms with E-state index in [0.29, 0.717) is 18.7 Å². The summed E-state index contributed by atoms with van der Waals surface area (Å²) in [7, 11) is 0. The van der Waals surface area contributed by atoms with E-state index in [9.17, 15) is 4.79 Å². The molecule has 0 spiro atoms. The number of anilines is 1. The van der Waals surface area contributed by atoms with Crippen molar-refractivity contribution in [3.8, 4) is 6.07 Å². The molecule has 1 aliphatic heterocycles. The first-order valence-electron chi connectivity index (χ1n) is 5.49. The van der Waals surface area contributed by atoms with E-state index in [-0.39, 0.29) is 6.61 Å². The number of hydrogen-bond donors (Lipinski definition) is 1. The third-order valence-corrected chi connectivity index (χ3v) is 2.80. The van der Waals surface area contributed by atoms with Gasteiger partial charge in [-0.2, -0.15) is 5.26 Å². The predicted octanol–water partition coefficient (Wildman–Crippen LogP) is 0.633. The van der Waals surface area contributed by atoms with Gasteiger partial charge in [-0.3, -0.25) is 0 Å². The van der Waals surface area contributed by atoms with E-state index in [4.69, 9.17) is 15.1 Å². The maximum absolute atomic E-state index is 10.4. The lowest BCUT2D eigenvalue weighted by Crippen LogP contribution is -2.62. The second kappa shape index (κ2) is 4.63. The predicted molar refractivity (Wildman–Crippen MR) is 63.2 cm³/mol. The first-order chi connectivity index (χ1) is 8.52. The summed E-state index contributed by atoms with van der Waals surface area (Å²) >= 11 is 0. The number of nitriles is 1. The molecule has 6 heteroatoms.